The maximum Gasteiger partial charge on any atom is 0.258 e. The quantitative estimate of drug-likeness (QED) is 0.452. The van der Waals surface area contributed by atoms with Gasteiger partial charge < -0.3 is 10.1 Å². The fourth-order valence-corrected chi connectivity index (χ4v) is 4.56. The molecule has 0 saturated carbocycles. The van der Waals surface area contributed by atoms with Crippen LogP contribution in [0.3, 0.4) is 0 Å². The second kappa shape index (κ2) is 10.8. The molecule has 0 aliphatic heterocycles. The monoisotopic (exact) mass is 492 g/mol. The molecule has 168 valence electrons. The van der Waals surface area contributed by atoms with Crippen LogP contribution in [0.5, 0.6) is 5.75 Å². The first kappa shape index (κ1) is 24.1. The zero-order valence-electron chi connectivity index (χ0n) is 17.2. The highest BCUT2D eigenvalue weighted by Crippen LogP contribution is 2.28. The van der Waals surface area contributed by atoms with Crippen LogP contribution in [0.2, 0.25) is 10.0 Å². The van der Waals surface area contributed by atoms with Crippen molar-refractivity contribution < 1.29 is 17.9 Å². The van der Waals surface area contributed by atoms with Crippen LogP contribution in [0.4, 0.5) is 0 Å². The first-order valence-corrected chi connectivity index (χ1v) is 12.0. The lowest BCUT2D eigenvalue weighted by atomic mass is 10.1. The van der Waals surface area contributed by atoms with Crippen LogP contribution in [-0.4, -0.2) is 20.9 Å². The summed E-state index contributed by atoms with van der Waals surface area (Å²) in [5.41, 5.74) is 1.74. The maximum atomic E-state index is 12.7. The summed E-state index contributed by atoms with van der Waals surface area (Å²) in [6.07, 6.45) is 0. The Morgan fingerprint density at radius 3 is 2.34 bits per heavy atom. The summed E-state index contributed by atoms with van der Waals surface area (Å²) in [5, 5.41) is 3.43. The van der Waals surface area contributed by atoms with Gasteiger partial charge in [-0.1, -0.05) is 65.7 Å². The number of sulfonamides is 1. The van der Waals surface area contributed by atoms with Gasteiger partial charge in [-0.3, -0.25) is 4.79 Å². The number of benzene rings is 3. The number of halogens is 2. The SMILES string of the molecule is CC(NS(=O)(=O)c1ccc(OCC(=O)NCc2ccc(Cl)cc2)c(Cl)c1)c1ccccc1. The summed E-state index contributed by atoms with van der Waals surface area (Å²) in [6.45, 7) is 1.83. The molecule has 3 aromatic rings. The van der Waals surface area contributed by atoms with Gasteiger partial charge >= 0.3 is 0 Å². The highest BCUT2D eigenvalue weighted by molar-refractivity contribution is 7.89. The molecule has 0 saturated heterocycles. The number of rotatable bonds is 9. The first-order chi connectivity index (χ1) is 15.2. The van der Waals surface area contributed by atoms with Crippen molar-refractivity contribution in [2.75, 3.05) is 6.61 Å². The van der Waals surface area contributed by atoms with Crippen LogP contribution in [0.15, 0.2) is 77.7 Å². The molecule has 3 rings (SSSR count). The third-order valence-electron chi connectivity index (χ3n) is 4.61. The Morgan fingerprint density at radius 1 is 1.00 bits per heavy atom. The highest BCUT2D eigenvalue weighted by atomic mass is 35.5. The molecule has 1 amide bonds. The minimum atomic E-state index is -3.80. The minimum absolute atomic E-state index is 0.00446. The van der Waals surface area contributed by atoms with Gasteiger partial charge in [0, 0.05) is 17.6 Å². The average Bonchev–Trinajstić information content (AvgIpc) is 2.78. The lowest BCUT2D eigenvalue weighted by Gasteiger charge is -2.15. The summed E-state index contributed by atoms with van der Waals surface area (Å²) < 4.78 is 33.5. The third kappa shape index (κ3) is 6.71. The van der Waals surface area contributed by atoms with E-state index in [4.69, 9.17) is 27.9 Å². The minimum Gasteiger partial charge on any atom is -0.482 e. The predicted octanol–water partition coefficient (Wildman–Crippen LogP) is 4.73. The Labute approximate surface area is 197 Å². The number of carbonyl (C=O) groups is 1. The second-order valence-electron chi connectivity index (χ2n) is 7.04. The Kier molecular flexibility index (Phi) is 8.15. The lowest BCUT2D eigenvalue weighted by Crippen LogP contribution is -2.28. The van der Waals surface area contributed by atoms with Crippen LogP contribution in [0.1, 0.15) is 24.1 Å². The Bertz CT molecular complexity index is 1170. The molecule has 0 aromatic heterocycles. The van der Waals surface area contributed by atoms with Crippen molar-refractivity contribution in [3.05, 3.63) is 94.0 Å². The Balaban J connectivity index is 1.57. The standard InChI is InChI=1S/C23H22Cl2N2O4S/c1-16(18-5-3-2-4-6-18)27-32(29,30)20-11-12-22(21(25)13-20)31-15-23(28)26-14-17-7-9-19(24)10-8-17/h2-13,16,27H,14-15H2,1H3,(H,26,28). The largest absolute Gasteiger partial charge is 0.482 e. The molecule has 0 bridgehead atoms. The van der Waals surface area contributed by atoms with E-state index in [2.05, 4.69) is 10.0 Å². The molecule has 0 fully saturated rings. The summed E-state index contributed by atoms with van der Waals surface area (Å²) in [4.78, 5) is 12.0. The van der Waals surface area contributed by atoms with Gasteiger partial charge in [0.25, 0.3) is 5.91 Å². The van der Waals surface area contributed by atoms with E-state index < -0.39 is 16.1 Å². The second-order valence-corrected chi connectivity index (χ2v) is 9.60. The van der Waals surface area contributed by atoms with Crippen molar-refractivity contribution in [1.82, 2.24) is 10.0 Å². The molecule has 0 aliphatic rings. The number of amides is 1. The van der Waals surface area contributed by atoms with E-state index in [1.807, 2.05) is 42.5 Å². The van der Waals surface area contributed by atoms with E-state index in [1.54, 1.807) is 19.1 Å². The molecule has 9 heteroatoms. The molecule has 32 heavy (non-hydrogen) atoms. The van der Waals surface area contributed by atoms with Crippen LogP contribution in [0, 0.1) is 0 Å². The van der Waals surface area contributed by atoms with Gasteiger partial charge in [-0.2, -0.15) is 0 Å². The van der Waals surface area contributed by atoms with Crippen molar-refractivity contribution in [3.8, 4) is 5.75 Å². The van der Waals surface area contributed by atoms with E-state index in [-0.39, 0.29) is 28.2 Å². The Hall–Kier alpha value is -2.58. The fourth-order valence-electron chi connectivity index (χ4n) is 2.87. The van der Waals surface area contributed by atoms with Crippen molar-refractivity contribution >= 4 is 39.1 Å². The summed E-state index contributed by atoms with van der Waals surface area (Å²) in [5.74, 6) is -0.130. The van der Waals surface area contributed by atoms with Crippen LogP contribution in [-0.2, 0) is 21.4 Å². The molecule has 3 aromatic carbocycles. The van der Waals surface area contributed by atoms with Gasteiger partial charge in [0.05, 0.1) is 9.92 Å². The summed E-state index contributed by atoms with van der Waals surface area (Å²) >= 11 is 12.0. The van der Waals surface area contributed by atoms with Crippen molar-refractivity contribution in [2.24, 2.45) is 0 Å². The number of hydrogen-bond acceptors (Lipinski definition) is 4. The molecule has 2 N–H and O–H groups in total. The maximum absolute atomic E-state index is 12.7. The van der Waals surface area contributed by atoms with Gasteiger partial charge in [-0.25, -0.2) is 13.1 Å². The smallest absolute Gasteiger partial charge is 0.258 e. The number of hydrogen-bond donors (Lipinski definition) is 2. The number of ether oxygens (including phenoxy) is 1. The number of nitrogens with one attached hydrogen (secondary N) is 2. The van der Waals surface area contributed by atoms with Crippen LogP contribution < -0.4 is 14.8 Å². The van der Waals surface area contributed by atoms with Crippen LogP contribution in [0.25, 0.3) is 0 Å². The van der Waals surface area contributed by atoms with E-state index in [0.29, 0.717) is 11.6 Å². The van der Waals surface area contributed by atoms with E-state index in [0.717, 1.165) is 11.1 Å². The van der Waals surface area contributed by atoms with Crippen molar-refractivity contribution in [1.29, 1.82) is 0 Å². The zero-order chi connectivity index (χ0) is 23.1. The summed E-state index contributed by atoms with van der Waals surface area (Å²) in [6, 6.07) is 20.0. The number of carbonyl (C=O) groups excluding carboxylic acids is 1. The van der Waals surface area contributed by atoms with Crippen molar-refractivity contribution in [2.45, 2.75) is 24.4 Å². The fraction of sp³-hybridized carbons (Fsp3) is 0.174. The van der Waals surface area contributed by atoms with E-state index in [9.17, 15) is 13.2 Å². The molecule has 0 spiro atoms. The average molecular weight is 493 g/mol. The molecule has 6 nitrogen and oxygen atoms in total. The molecule has 1 unspecified atom stereocenters. The highest BCUT2D eigenvalue weighted by Gasteiger charge is 2.20. The predicted molar refractivity (Wildman–Crippen MR) is 125 cm³/mol. The van der Waals surface area contributed by atoms with Crippen molar-refractivity contribution in [3.63, 3.8) is 0 Å². The molecular weight excluding hydrogens is 471 g/mol. The van der Waals surface area contributed by atoms with Gasteiger partial charge in [0.15, 0.2) is 6.61 Å². The normalized spacial score (nSPS) is 12.2. The third-order valence-corrected chi connectivity index (χ3v) is 6.69. The molecule has 0 radical (unpaired) electrons. The van der Waals surface area contributed by atoms with Gasteiger partial charge in [0.1, 0.15) is 5.75 Å². The van der Waals surface area contributed by atoms with Gasteiger partial charge in [-0.05, 0) is 48.4 Å². The zero-order valence-corrected chi connectivity index (χ0v) is 19.5. The molecule has 0 aliphatic carbocycles. The first-order valence-electron chi connectivity index (χ1n) is 9.75. The molecular formula is C23H22Cl2N2O4S. The Morgan fingerprint density at radius 2 is 1.69 bits per heavy atom. The van der Waals surface area contributed by atoms with Crippen LogP contribution >= 0.6 is 23.2 Å². The molecule has 0 heterocycles. The van der Waals surface area contributed by atoms with Gasteiger partial charge in [-0.15, -0.1) is 0 Å². The topological polar surface area (TPSA) is 84.5 Å². The van der Waals surface area contributed by atoms with Gasteiger partial charge in [0.2, 0.25) is 10.0 Å². The molecule has 1 atom stereocenters. The van der Waals surface area contributed by atoms with E-state index in [1.165, 1.54) is 18.2 Å². The lowest BCUT2D eigenvalue weighted by molar-refractivity contribution is -0.123. The van der Waals surface area contributed by atoms with E-state index >= 15 is 0 Å². The summed E-state index contributed by atoms with van der Waals surface area (Å²) in [7, 11) is -3.80.